The number of nitrogens with one attached hydrogen (secondary N) is 1. The highest BCUT2D eigenvalue weighted by Gasteiger charge is 2.27. The van der Waals surface area contributed by atoms with Crippen LogP contribution in [0.2, 0.25) is 10.0 Å². The molecule has 0 aromatic heterocycles. The Balaban J connectivity index is 1.60. The average Bonchev–Trinajstić information content (AvgIpc) is 3.28. The van der Waals surface area contributed by atoms with E-state index in [2.05, 4.69) is 5.32 Å². The molecule has 0 saturated carbocycles. The monoisotopic (exact) mass is 484 g/mol. The molecular formula is C21H22Cl2N2O5S. The van der Waals surface area contributed by atoms with Crippen LogP contribution in [0, 0.1) is 0 Å². The number of esters is 1. The van der Waals surface area contributed by atoms with Gasteiger partial charge in [-0.1, -0.05) is 35.3 Å². The second-order valence-electron chi connectivity index (χ2n) is 7.17. The summed E-state index contributed by atoms with van der Waals surface area (Å²) in [5.74, 6) is -1.31. The molecule has 3 rings (SSSR count). The summed E-state index contributed by atoms with van der Waals surface area (Å²) in [7, 11) is -3.66. The minimum absolute atomic E-state index is 0.0271. The Hall–Kier alpha value is -2.13. The minimum atomic E-state index is -3.66. The molecule has 1 saturated heterocycles. The van der Waals surface area contributed by atoms with Crippen LogP contribution in [0.25, 0.3) is 0 Å². The lowest BCUT2D eigenvalue weighted by atomic mass is 10.1. The molecule has 1 atom stereocenters. The smallest absolute Gasteiger partial charge is 0.338 e. The van der Waals surface area contributed by atoms with Crippen LogP contribution in [0.3, 0.4) is 0 Å². The van der Waals surface area contributed by atoms with Gasteiger partial charge in [-0.25, -0.2) is 13.2 Å². The Bertz CT molecular complexity index is 1080. The molecule has 0 bridgehead atoms. The quantitative estimate of drug-likeness (QED) is 0.603. The number of nitrogens with zero attached hydrogens (tertiary/aromatic N) is 1. The van der Waals surface area contributed by atoms with Crippen LogP contribution in [-0.2, 0) is 19.6 Å². The van der Waals surface area contributed by atoms with Gasteiger partial charge in [-0.15, -0.1) is 0 Å². The van der Waals surface area contributed by atoms with E-state index in [9.17, 15) is 18.0 Å². The number of carbonyl (C=O) groups excluding carboxylic acids is 2. The molecule has 1 heterocycles. The molecule has 10 heteroatoms. The Morgan fingerprint density at radius 3 is 2.52 bits per heavy atom. The molecule has 0 aliphatic carbocycles. The third-order valence-electron chi connectivity index (χ3n) is 4.91. The first-order valence-electron chi connectivity index (χ1n) is 9.70. The molecule has 1 N–H and O–H groups in total. The maximum Gasteiger partial charge on any atom is 0.338 e. The normalized spacial score (nSPS) is 15.5. The fraction of sp³-hybridized carbons (Fsp3) is 0.333. The molecule has 0 radical (unpaired) electrons. The number of halogens is 2. The zero-order valence-electron chi connectivity index (χ0n) is 16.8. The topological polar surface area (TPSA) is 92.8 Å². The van der Waals surface area contributed by atoms with Gasteiger partial charge in [0.05, 0.1) is 16.5 Å². The number of carbonyl (C=O) groups is 2. The molecule has 31 heavy (non-hydrogen) atoms. The van der Waals surface area contributed by atoms with Gasteiger partial charge in [0.2, 0.25) is 10.0 Å². The highest BCUT2D eigenvalue weighted by Crippen LogP contribution is 2.26. The van der Waals surface area contributed by atoms with Crippen molar-refractivity contribution in [1.82, 2.24) is 9.62 Å². The largest absolute Gasteiger partial charge is 0.452 e. The maximum absolute atomic E-state index is 12.7. The summed E-state index contributed by atoms with van der Waals surface area (Å²) in [6, 6.07) is 10.1. The van der Waals surface area contributed by atoms with Crippen LogP contribution in [0.1, 0.15) is 41.7 Å². The second kappa shape index (κ2) is 9.99. The molecule has 2 aromatic rings. The minimum Gasteiger partial charge on any atom is -0.452 e. The predicted molar refractivity (Wildman–Crippen MR) is 118 cm³/mol. The van der Waals surface area contributed by atoms with E-state index in [0.29, 0.717) is 28.7 Å². The van der Waals surface area contributed by atoms with E-state index >= 15 is 0 Å². The van der Waals surface area contributed by atoms with Crippen molar-refractivity contribution in [2.24, 2.45) is 0 Å². The van der Waals surface area contributed by atoms with E-state index < -0.39 is 34.5 Å². The molecule has 0 spiro atoms. The summed E-state index contributed by atoms with van der Waals surface area (Å²) in [4.78, 5) is 24.6. The fourth-order valence-corrected chi connectivity index (χ4v) is 5.42. The highest BCUT2D eigenvalue weighted by atomic mass is 35.5. The summed E-state index contributed by atoms with van der Waals surface area (Å²) in [6.45, 7) is 2.15. The van der Waals surface area contributed by atoms with Gasteiger partial charge in [-0.3, -0.25) is 4.79 Å². The molecule has 166 valence electrons. The number of hydrogen-bond acceptors (Lipinski definition) is 5. The van der Waals surface area contributed by atoms with Crippen molar-refractivity contribution < 1.29 is 22.7 Å². The van der Waals surface area contributed by atoms with Crippen molar-refractivity contribution >= 4 is 45.1 Å². The molecule has 1 amide bonds. The number of ether oxygens (including phenoxy) is 1. The Morgan fingerprint density at radius 1 is 1.13 bits per heavy atom. The average molecular weight is 485 g/mol. The second-order valence-corrected chi connectivity index (χ2v) is 9.95. The third kappa shape index (κ3) is 5.77. The molecule has 2 aromatic carbocycles. The highest BCUT2D eigenvalue weighted by molar-refractivity contribution is 7.89. The van der Waals surface area contributed by atoms with Crippen LogP contribution in [0.5, 0.6) is 0 Å². The number of sulfonamides is 1. The van der Waals surface area contributed by atoms with Gasteiger partial charge in [0, 0.05) is 23.1 Å². The number of amides is 1. The molecule has 1 aliphatic rings. The van der Waals surface area contributed by atoms with Crippen LogP contribution in [0.15, 0.2) is 47.4 Å². The van der Waals surface area contributed by atoms with E-state index in [1.807, 2.05) is 0 Å². The summed E-state index contributed by atoms with van der Waals surface area (Å²) in [6.07, 6.45) is 1.63. The van der Waals surface area contributed by atoms with Gasteiger partial charge in [0.1, 0.15) is 0 Å². The molecule has 7 nitrogen and oxygen atoms in total. The lowest BCUT2D eigenvalue weighted by Crippen LogP contribution is -2.31. The van der Waals surface area contributed by atoms with Crippen molar-refractivity contribution in [1.29, 1.82) is 0 Å². The van der Waals surface area contributed by atoms with Gasteiger partial charge in [0.25, 0.3) is 5.91 Å². The van der Waals surface area contributed by atoms with Crippen molar-refractivity contribution in [2.45, 2.75) is 30.7 Å². The summed E-state index contributed by atoms with van der Waals surface area (Å²) in [5, 5.41) is 3.58. The zero-order valence-corrected chi connectivity index (χ0v) is 19.1. The number of benzene rings is 2. The fourth-order valence-electron chi connectivity index (χ4n) is 3.29. The maximum atomic E-state index is 12.7. The molecule has 0 unspecified atom stereocenters. The van der Waals surface area contributed by atoms with E-state index in [-0.39, 0.29) is 10.5 Å². The van der Waals surface area contributed by atoms with E-state index in [1.54, 1.807) is 25.1 Å². The number of hydrogen-bond donors (Lipinski definition) is 1. The molecule has 1 aliphatic heterocycles. The predicted octanol–water partition coefficient (Wildman–Crippen LogP) is 3.81. The lowest BCUT2D eigenvalue weighted by Gasteiger charge is -2.16. The zero-order chi connectivity index (χ0) is 22.6. The van der Waals surface area contributed by atoms with Gasteiger partial charge < -0.3 is 10.1 Å². The van der Waals surface area contributed by atoms with Gasteiger partial charge in [-0.05, 0) is 55.7 Å². The van der Waals surface area contributed by atoms with Crippen LogP contribution in [0.4, 0.5) is 0 Å². The first-order valence-corrected chi connectivity index (χ1v) is 11.9. The standard InChI is InChI=1S/C21H22Cl2N2O5S/c1-14(18-8-7-16(22)12-19(18)23)24-20(26)13-30-21(27)15-5-4-6-17(11-15)31(28,29)25-9-2-3-10-25/h4-8,11-12,14H,2-3,9-10,13H2,1H3,(H,24,26)/t14-/m0/s1. The number of rotatable bonds is 7. The van der Waals surface area contributed by atoms with E-state index in [1.165, 1.54) is 28.6 Å². The van der Waals surface area contributed by atoms with E-state index in [0.717, 1.165) is 12.8 Å². The van der Waals surface area contributed by atoms with Crippen molar-refractivity contribution in [2.75, 3.05) is 19.7 Å². The van der Waals surface area contributed by atoms with Crippen molar-refractivity contribution in [3.05, 3.63) is 63.6 Å². The van der Waals surface area contributed by atoms with Crippen LogP contribution < -0.4 is 5.32 Å². The first-order chi connectivity index (χ1) is 14.7. The summed E-state index contributed by atoms with van der Waals surface area (Å²) in [5.41, 5.74) is 0.729. The summed E-state index contributed by atoms with van der Waals surface area (Å²) >= 11 is 12.0. The first kappa shape index (κ1) is 23.5. The Kier molecular flexibility index (Phi) is 7.59. The van der Waals surface area contributed by atoms with Crippen LogP contribution >= 0.6 is 23.2 Å². The Morgan fingerprint density at radius 2 is 1.84 bits per heavy atom. The van der Waals surface area contributed by atoms with Gasteiger partial charge in [0.15, 0.2) is 6.61 Å². The third-order valence-corrected chi connectivity index (χ3v) is 7.37. The summed E-state index contributed by atoms with van der Waals surface area (Å²) < 4.78 is 31.8. The van der Waals surface area contributed by atoms with Gasteiger partial charge >= 0.3 is 5.97 Å². The van der Waals surface area contributed by atoms with Crippen molar-refractivity contribution in [3.8, 4) is 0 Å². The molecule has 1 fully saturated rings. The Labute approximate surface area is 191 Å². The van der Waals surface area contributed by atoms with Gasteiger partial charge in [-0.2, -0.15) is 4.31 Å². The van der Waals surface area contributed by atoms with E-state index in [4.69, 9.17) is 27.9 Å². The SMILES string of the molecule is C[C@H](NC(=O)COC(=O)c1cccc(S(=O)(=O)N2CCCC2)c1)c1ccc(Cl)cc1Cl. The van der Waals surface area contributed by atoms with Crippen LogP contribution in [-0.4, -0.2) is 44.3 Å². The molecular weight excluding hydrogens is 463 g/mol. The lowest BCUT2D eigenvalue weighted by molar-refractivity contribution is -0.124. The van der Waals surface area contributed by atoms with Crippen molar-refractivity contribution in [3.63, 3.8) is 0 Å².